The first kappa shape index (κ1) is 9.86. The monoisotopic (exact) mass is 228 g/mol. The van der Waals surface area contributed by atoms with Gasteiger partial charge in [-0.2, -0.15) is 0 Å². The molecule has 88 valence electrons. The predicted molar refractivity (Wildman–Crippen MR) is 64.9 cm³/mol. The highest BCUT2D eigenvalue weighted by molar-refractivity contribution is 5.47. The molecule has 0 aromatic heterocycles. The van der Waals surface area contributed by atoms with Gasteiger partial charge in [-0.1, -0.05) is 30.4 Å². The summed E-state index contributed by atoms with van der Waals surface area (Å²) in [5.41, 5.74) is 4.30. The Morgan fingerprint density at radius 3 is 2.71 bits per heavy atom. The summed E-state index contributed by atoms with van der Waals surface area (Å²) in [5, 5.41) is 0. The van der Waals surface area contributed by atoms with E-state index in [1.165, 1.54) is 16.7 Å². The quantitative estimate of drug-likeness (QED) is 0.635. The molecule has 2 heteroatoms. The highest BCUT2D eigenvalue weighted by atomic mass is 16.7. The lowest BCUT2D eigenvalue weighted by Crippen LogP contribution is -2.49. The van der Waals surface area contributed by atoms with Gasteiger partial charge in [0.1, 0.15) is 0 Å². The van der Waals surface area contributed by atoms with E-state index in [2.05, 4.69) is 37.3 Å². The molecule has 0 saturated carbocycles. The van der Waals surface area contributed by atoms with Gasteiger partial charge >= 0.3 is 0 Å². The van der Waals surface area contributed by atoms with E-state index in [4.69, 9.17) is 9.47 Å². The van der Waals surface area contributed by atoms with Crippen molar-refractivity contribution in [2.45, 2.75) is 25.0 Å². The van der Waals surface area contributed by atoms with E-state index >= 15 is 0 Å². The van der Waals surface area contributed by atoms with Crippen molar-refractivity contribution >= 4 is 0 Å². The Bertz CT molecular complexity index is 498. The average molecular weight is 228 g/mol. The van der Waals surface area contributed by atoms with Gasteiger partial charge in [0.15, 0.2) is 5.79 Å². The number of hydrogen-bond donors (Lipinski definition) is 0. The van der Waals surface area contributed by atoms with E-state index < -0.39 is 0 Å². The molecule has 1 heterocycles. The Labute approximate surface area is 101 Å². The minimum absolute atomic E-state index is 0.361. The lowest BCUT2D eigenvalue weighted by Gasteiger charge is -2.47. The molecule has 0 radical (unpaired) electrons. The summed E-state index contributed by atoms with van der Waals surface area (Å²) in [7, 11) is 0. The van der Waals surface area contributed by atoms with Crippen LogP contribution in [-0.4, -0.2) is 19.0 Å². The van der Waals surface area contributed by atoms with Gasteiger partial charge in [0, 0.05) is 18.3 Å². The number of hydrogen-bond acceptors (Lipinski definition) is 2. The molecule has 1 saturated heterocycles. The van der Waals surface area contributed by atoms with Crippen LogP contribution in [0.25, 0.3) is 0 Å². The molecule has 0 N–H and O–H groups in total. The molecule has 2 atom stereocenters. The molecule has 3 aliphatic rings. The zero-order valence-corrected chi connectivity index (χ0v) is 9.98. The SMILES string of the molecule is Cc1cccc2c1[C@@H]1C=C[C@@H]1C1(C2)OCCO1. The largest absolute Gasteiger partial charge is 0.347 e. The third-order valence-corrected chi connectivity index (χ3v) is 4.38. The van der Waals surface area contributed by atoms with Gasteiger partial charge in [0.25, 0.3) is 0 Å². The number of fused-ring (bicyclic) bond motifs is 4. The van der Waals surface area contributed by atoms with Gasteiger partial charge in [0.2, 0.25) is 0 Å². The van der Waals surface area contributed by atoms with E-state index in [9.17, 15) is 0 Å². The third-order valence-electron chi connectivity index (χ3n) is 4.38. The van der Waals surface area contributed by atoms with Crippen LogP contribution in [0.5, 0.6) is 0 Å². The minimum atomic E-state index is -0.361. The zero-order chi connectivity index (χ0) is 11.5. The van der Waals surface area contributed by atoms with E-state index in [1.807, 2.05) is 0 Å². The molecule has 1 spiro atoms. The fraction of sp³-hybridized carbons (Fsp3) is 0.467. The Kier molecular flexibility index (Phi) is 1.86. The minimum Gasteiger partial charge on any atom is -0.347 e. The number of benzene rings is 1. The smallest absolute Gasteiger partial charge is 0.179 e. The van der Waals surface area contributed by atoms with E-state index in [0.717, 1.165) is 19.6 Å². The Hall–Kier alpha value is -1.12. The van der Waals surface area contributed by atoms with Crippen LogP contribution in [-0.2, 0) is 15.9 Å². The maximum Gasteiger partial charge on any atom is 0.179 e. The maximum atomic E-state index is 5.94. The second-order valence-corrected chi connectivity index (χ2v) is 5.27. The number of rotatable bonds is 0. The first-order valence-corrected chi connectivity index (χ1v) is 6.35. The molecule has 1 aliphatic heterocycles. The topological polar surface area (TPSA) is 18.5 Å². The summed E-state index contributed by atoms with van der Waals surface area (Å²) in [6, 6.07) is 6.56. The van der Waals surface area contributed by atoms with E-state index in [0.29, 0.717) is 11.8 Å². The number of ether oxygens (including phenoxy) is 2. The Balaban J connectivity index is 1.87. The van der Waals surface area contributed by atoms with Crippen LogP contribution < -0.4 is 0 Å². The standard InChI is InChI=1S/C15H16O2/c1-10-3-2-4-11-9-15(16-7-8-17-15)13-6-5-12(13)14(10)11/h2-6,12-13H,7-9H2,1H3/t12-,13+/m1/s1. The van der Waals surface area contributed by atoms with Crippen molar-refractivity contribution in [3.8, 4) is 0 Å². The molecule has 1 aromatic rings. The molecule has 4 rings (SSSR count). The first-order chi connectivity index (χ1) is 8.30. The second kappa shape index (κ2) is 3.21. The summed E-state index contributed by atoms with van der Waals surface area (Å²) in [5.74, 6) is 0.553. The molecular weight excluding hydrogens is 212 g/mol. The lowest BCUT2D eigenvalue weighted by atomic mass is 9.64. The van der Waals surface area contributed by atoms with Gasteiger partial charge in [-0.25, -0.2) is 0 Å². The molecule has 17 heavy (non-hydrogen) atoms. The van der Waals surface area contributed by atoms with Crippen LogP contribution in [0.15, 0.2) is 30.4 Å². The van der Waals surface area contributed by atoms with Gasteiger partial charge in [-0.05, 0) is 23.6 Å². The van der Waals surface area contributed by atoms with Crippen molar-refractivity contribution in [1.29, 1.82) is 0 Å². The van der Waals surface area contributed by atoms with E-state index in [-0.39, 0.29) is 5.79 Å². The van der Waals surface area contributed by atoms with Crippen LogP contribution in [0.3, 0.4) is 0 Å². The lowest BCUT2D eigenvalue weighted by molar-refractivity contribution is -0.194. The normalized spacial score (nSPS) is 32.1. The van der Waals surface area contributed by atoms with Crippen molar-refractivity contribution in [3.63, 3.8) is 0 Å². The molecule has 0 bridgehead atoms. The molecular formula is C15H16O2. The van der Waals surface area contributed by atoms with Crippen LogP contribution in [0.1, 0.15) is 22.6 Å². The fourth-order valence-electron chi connectivity index (χ4n) is 3.55. The summed E-state index contributed by atoms with van der Waals surface area (Å²) >= 11 is 0. The third kappa shape index (κ3) is 1.17. The number of aryl methyl sites for hydroxylation is 1. The van der Waals surface area contributed by atoms with Crippen LogP contribution in [0, 0.1) is 12.8 Å². The molecule has 0 amide bonds. The highest BCUT2D eigenvalue weighted by Gasteiger charge is 2.53. The summed E-state index contributed by atoms with van der Waals surface area (Å²) in [6.07, 6.45) is 5.45. The van der Waals surface area contributed by atoms with Gasteiger partial charge < -0.3 is 9.47 Å². The summed E-state index contributed by atoms with van der Waals surface area (Å²) < 4.78 is 11.9. The van der Waals surface area contributed by atoms with Crippen molar-refractivity contribution in [3.05, 3.63) is 47.0 Å². The molecule has 0 unspecified atom stereocenters. The van der Waals surface area contributed by atoms with Crippen molar-refractivity contribution in [2.24, 2.45) is 5.92 Å². The second-order valence-electron chi connectivity index (χ2n) is 5.27. The summed E-state index contributed by atoms with van der Waals surface area (Å²) in [4.78, 5) is 0. The molecule has 1 aromatic carbocycles. The van der Waals surface area contributed by atoms with Crippen molar-refractivity contribution in [1.82, 2.24) is 0 Å². The van der Waals surface area contributed by atoms with Crippen LogP contribution in [0.4, 0.5) is 0 Å². The Morgan fingerprint density at radius 2 is 2.00 bits per heavy atom. The Morgan fingerprint density at radius 1 is 1.18 bits per heavy atom. The van der Waals surface area contributed by atoms with Crippen LogP contribution >= 0.6 is 0 Å². The molecule has 2 nitrogen and oxygen atoms in total. The molecule has 1 fully saturated rings. The van der Waals surface area contributed by atoms with E-state index in [1.54, 1.807) is 0 Å². The van der Waals surface area contributed by atoms with Gasteiger partial charge in [-0.15, -0.1) is 0 Å². The highest BCUT2D eigenvalue weighted by Crippen LogP contribution is 2.52. The summed E-state index contributed by atoms with van der Waals surface area (Å²) in [6.45, 7) is 3.67. The van der Waals surface area contributed by atoms with Crippen LogP contribution in [0.2, 0.25) is 0 Å². The average Bonchev–Trinajstić information content (AvgIpc) is 2.69. The van der Waals surface area contributed by atoms with Gasteiger partial charge in [-0.3, -0.25) is 0 Å². The zero-order valence-electron chi connectivity index (χ0n) is 9.98. The maximum absolute atomic E-state index is 5.94. The predicted octanol–water partition coefficient (Wildman–Crippen LogP) is 2.56. The molecule has 2 aliphatic carbocycles. The van der Waals surface area contributed by atoms with Crippen molar-refractivity contribution < 1.29 is 9.47 Å². The fourth-order valence-corrected chi connectivity index (χ4v) is 3.55. The van der Waals surface area contributed by atoms with Crippen molar-refractivity contribution in [2.75, 3.05) is 13.2 Å². The number of allylic oxidation sites excluding steroid dienone is 1. The first-order valence-electron chi connectivity index (χ1n) is 6.35. The van der Waals surface area contributed by atoms with Gasteiger partial charge in [0.05, 0.1) is 13.2 Å².